The molecule has 1 aliphatic heterocycles. The fourth-order valence-electron chi connectivity index (χ4n) is 5.60. The number of allylic oxidation sites excluding steroid dienone is 3. The number of anilines is 1. The van der Waals surface area contributed by atoms with E-state index in [1.807, 2.05) is 19.2 Å². The molecule has 1 spiro atoms. The molecule has 0 aromatic carbocycles. The lowest BCUT2D eigenvalue weighted by molar-refractivity contribution is -0.113. The van der Waals surface area contributed by atoms with Crippen LogP contribution in [0, 0.1) is 11.3 Å². The molecule has 1 N–H and O–H groups in total. The molecule has 1 saturated carbocycles. The third-order valence-corrected chi connectivity index (χ3v) is 7.37. The molecule has 1 saturated heterocycles. The van der Waals surface area contributed by atoms with Crippen molar-refractivity contribution in [1.29, 1.82) is 0 Å². The van der Waals surface area contributed by atoms with Gasteiger partial charge in [-0.25, -0.2) is 0 Å². The maximum absolute atomic E-state index is 12.9. The van der Waals surface area contributed by atoms with Crippen LogP contribution in [0.2, 0.25) is 0 Å². The normalized spacial score (nSPS) is 33.5. The molecule has 3 aliphatic carbocycles. The minimum atomic E-state index is -0.162. The first-order valence-corrected chi connectivity index (χ1v) is 10.5. The zero-order valence-corrected chi connectivity index (χ0v) is 17.2. The van der Waals surface area contributed by atoms with E-state index in [1.165, 1.54) is 24.8 Å². The molecule has 2 fully saturated rings. The number of aryl methyl sites for hydroxylation is 1. The van der Waals surface area contributed by atoms with Crippen LogP contribution >= 0.6 is 0 Å². The average Bonchev–Trinajstić information content (AvgIpc) is 3.05. The highest BCUT2D eigenvalue weighted by Gasteiger charge is 2.64. The zero-order valence-electron chi connectivity index (χ0n) is 17.2. The van der Waals surface area contributed by atoms with Crippen LogP contribution in [0.1, 0.15) is 52.9 Å². The first kappa shape index (κ1) is 17.9. The molecule has 148 valence electrons. The molecule has 1 amide bonds. The highest BCUT2D eigenvalue weighted by Crippen LogP contribution is 2.65. The van der Waals surface area contributed by atoms with E-state index >= 15 is 0 Å². The van der Waals surface area contributed by atoms with Crippen molar-refractivity contribution in [3.05, 3.63) is 46.7 Å². The van der Waals surface area contributed by atoms with Gasteiger partial charge >= 0.3 is 0 Å². The number of carbonyl (C=O) groups excluding carboxylic acids is 1. The summed E-state index contributed by atoms with van der Waals surface area (Å²) in [6.45, 7) is 7.04. The molecule has 1 unspecified atom stereocenters. The van der Waals surface area contributed by atoms with Crippen LogP contribution in [0.4, 0.5) is 5.82 Å². The van der Waals surface area contributed by atoms with Crippen LogP contribution in [0.25, 0.3) is 0 Å². The van der Waals surface area contributed by atoms with Gasteiger partial charge in [0, 0.05) is 25.1 Å². The number of ether oxygens (including phenoxy) is 1. The number of aromatic nitrogens is 2. The summed E-state index contributed by atoms with van der Waals surface area (Å²) in [5.41, 5.74) is 5.39. The van der Waals surface area contributed by atoms with E-state index in [1.54, 1.807) is 22.0 Å². The van der Waals surface area contributed by atoms with Gasteiger partial charge in [0.15, 0.2) is 0 Å². The maximum Gasteiger partial charge on any atom is 0.252 e. The summed E-state index contributed by atoms with van der Waals surface area (Å²) < 4.78 is 8.00. The number of fused-ring (bicyclic) bond motifs is 2. The number of rotatable bonds is 3. The standard InChI is InChI=1S/C23H29N3O2/c1-14(2)16-7-9-22(3)10-11-23-17(20(16)22)6-5-15(13-18(23)28-23)21(27)25-19-8-12-24-26(19)4/h5-6,8,12,14,18H,7,9-11,13H2,1-4H3,(H,25,27)/t18?,22-,23+/m1/s1. The first-order chi connectivity index (χ1) is 13.3. The quantitative estimate of drug-likeness (QED) is 0.797. The van der Waals surface area contributed by atoms with Crippen LogP contribution < -0.4 is 5.32 Å². The van der Waals surface area contributed by atoms with E-state index in [0.717, 1.165) is 12.0 Å². The van der Waals surface area contributed by atoms with Crippen molar-refractivity contribution in [2.24, 2.45) is 18.4 Å². The van der Waals surface area contributed by atoms with Gasteiger partial charge in [-0.3, -0.25) is 9.48 Å². The van der Waals surface area contributed by atoms with Crippen LogP contribution in [-0.4, -0.2) is 27.4 Å². The lowest BCUT2D eigenvalue weighted by Gasteiger charge is -2.39. The van der Waals surface area contributed by atoms with E-state index in [-0.39, 0.29) is 23.0 Å². The van der Waals surface area contributed by atoms with Gasteiger partial charge in [-0.05, 0) is 48.2 Å². The Kier molecular flexibility index (Phi) is 3.80. The van der Waals surface area contributed by atoms with E-state index < -0.39 is 0 Å². The summed E-state index contributed by atoms with van der Waals surface area (Å²) in [6, 6.07) is 1.81. The molecule has 0 bridgehead atoms. The van der Waals surface area contributed by atoms with Crippen LogP contribution in [0.3, 0.4) is 0 Å². The first-order valence-electron chi connectivity index (χ1n) is 10.5. The Hall–Kier alpha value is -2.14. The predicted octanol–water partition coefficient (Wildman–Crippen LogP) is 4.30. The summed E-state index contributed by atoms with van der Waals surface area (Å²) in [6.07, 6.45) is 11.4. The third-order valence-electron chi connectivity index (χ3n) is 7.37. The van der Waals surface area contributed by atoms with Crippen molar-refractivity contribution in [1.82, 2.24) is 9.78 Å². The van der Waals surface area contributed by atoms with Gasteiger partial charge in [-0.15, -0.1) is 0 Å². The molecule has 2 heterocycles. The van der Waals surface area contributed by atoms with Gasteiger partial charge < -0.3 is 10.1 Å². The van der Waals surface area contributed by atoms with Crippen molar-refractivity contribution in [3.8, 4) is 0 Å². The number of nitrogens with one attached hydrogen (secondary N) is 1. The Morgan fingerprint density at radius 2 is 2.14 bits per heavy atom. The number of hydrogen-bond donors (Lipinski definition) is 1. The van der Waals surface area contributed by atoms with Gasteiger partial charge in [0.2, 0.25) is 0 Å². The fourth-order valence-corrected chi connectivity index (χ4v) is 5.60. The number of carbonyl (C=O) groups is 1. The molecule has 5 rings (SSSR count). The van der Waals surface area contributed by atoms with Crippen LogP contribution in [0.15, 0.2) is 46.7 Å². The van der Waals surface area contributed by atoms with Crippen LogP contribution in [-0.2, 0) is 16.6 Å². The van der Waals surface area contributed by atoms with Gasteiger partial charge in [0.1, 0.15) is 11.4 Å². The van der Waals surface area contributed by atoms with Crippen LogP contribution in [0.5, 0.6) is 0 Å². The third kappa shape index (κ3) is 2.48. The molecule has 1 aromatic heterocycles. The Balaban J connectivity index is 1.51. The Morgan fingerprint density at radius 1 is 1.32 bits per heavy atom. The van der Waals surface area contributed by atoms with Crippen molar-refractivity contribution in [2.75, 3.05) is 5.32 Å². The van der Waals surface area contributed by atoms with Crippen molar-refractivity contribution in [2.45, 2.75) is 64.6 Å². The molecular weight excluding hydrogens is 350 g/mol. The number of amides is 1. The summed E-state index contributed by atoms with van der Waals surface area (Å²) in [5.74, 6) is 1.21. The smallest absolute Gasteiger partial charge is 0.252 e. The SMILES string of the molecule is CC(C)C1=C2C3=CC=C(C(=O)Nc4ccnn4C)CC4O[C@@]34CC[C@@]2(C)CC1. The summed E-state index contributed by atoms with van der Waals surface area (Å²) in [4.78, 5) is 12.9. The molecule has 4 aliphatic rings. The zero-order chi connectivity index (χ0) is 19.7. The molecule has 1 aromatic rings. The molecule has 0 radical (unpaired) electrons. The second-order valence-corrected chi connectivity index (χ2v) is 9.38. The average molecular weight is 380 g/mol. The second kappa shape index (κ2) is 5.93. The molecule has 5 nitrogen and oxygen atoms in total. The van der Waals surface area contributed by atoms with Crippen molar-refractivity contribution < 1.29 is 9.53 Å². The Bertz CT molecular complexity index is 951. The summed E-state index contributed by atoms with van der Waals surface area (Å²) in [7, 11) is 1.83. The summed E-state index contributed by atoms with van der Waals surface area (Å²) in [5, 5.41) is 7.11. The van der Waals surface area contributed by atoms with Gasteiger partial charge in [-0.1, -0.05) is 38.5 Å². The Morgan fingerprint density at radius 3 is 2.86 bits per heavy atom. The molecular formula is C23H29N3O2. The van der Waals surface area contributed by atoms with E-state index in [4.69, 9.17) is 4.74 Å². The van der Waals surface area contributed by atoms with E-state index in [9.17, 15) is 4.79 Å². The van der Waals surface area contributed by atoms with Gasteiger partial charge in [0.25, 0.3) is 5.91 Å². The summed E-state index contributed by atoms with van der Waals surface area (Å²) >= 11 is 0. The number of hydrogen-bond acceptors (Lipinski definition) is 3. The predicted molar refractivity (Wildman–Crippen MR) is 109 cm³/mol. The van der Waals surface area contributed by atoms with E-state index in [0.29, 0.717) is 18.2 Å². The molecule has 5 heteroatoms. The second-order valence-electron chi connectivity index (χ2n) is 9.38. The van der Waals surface area contributed by atoms with Gasteiger partial charge in [0.05, 0.1) is 12.3 Å². The van der Waals surface area contributed by atoms with Crippen molar-refractivity contribution in [3.63, 3.8) is 0 Å². The Labute approximate surface area is 166 Å². The highest BCUT2D eigenvalue weighted by atomic mass is 16.6. The van der Waals surface area contributed by atoms with Crippen molar-refractivity contribution >= 4 is 11.7 Å². The monoisotopic (exact) mass is 379 g/mol. The lowest BCUT2D eigenvalue weighted by atomic mass is 9.64. The van der Waals surface area contributed by atoms with E-state index in [2.05, 4.69) is 37.3 Å². The van der Waals surface area contributed by atoms with Gasteiger partial charge in [-0.2, -0.15) is 5.10 Å². The molecule has 28 heavy (non-hydrogen) atoms. The lowest BCUT2D eigenvalue weighted by Crippen LogP contribution is -2.34. The highest BCUT2D eigenvalue weighted by molar-refractivity contribution is 6.03. The number of epoxide rings is 1. The fraction of sp³-hybridized carbons (Fsp3) is 0.565. The largest absolute Gasteiger partial charge is 0.361 e. The topological polar surface area (TPSA) is 59.5 Å². The number of nitrogens with zero attached hydrogens (tertiary/aromatic N) is 2. The minimum absolute atomic E-state index is 0.0583. The minimum Gasteiger partial charge on any atom is -0.361 e. The maximum atomic E-state index is 12.9. The molecule has 3 atom stereocenters.